The number of nitrogens with one attached hydrogen (secondary N) is 1. The topological polar surface area (TPSA) is 41.5 Å². The first-order chi connectivity index (χ1) is 8.34. The average Bonchev–Trinajstić information content (AvgIpc) is 2.32. The standard InChI is InChI=1S/C14H21NO2/c16-13-9-12(10-13)11-15-7-4-8-17-14-5-2-1-3-6-14/h1-3,5-6,12-13,15-16H,4,7-11H2. The van der Waals surface area contributed by atoms with Gasteiger partial charge in [-0.1, -0.05) is 18.2 Å². The lowest BCUT2D eigenvalue weighted by Crippen LogP contribution is -2.36. The van der Waals surface area contributed by atoms with E-state index in [1.54, 1.807) is 0 Å². The Labute approximate surface area is 103 Å². The molecule has 17 heavy (non-hydrogen) atoms. The van der Waals surface area contributed by atoms with E-state index in [-0.39, 0.29) is 6.10 Å². The van der Waals surface area contributed by atoms with E-state index in [0.29, 0.717) is 5.92 Å². The zero-order chi connectivity index (χ0) is 11.9. The predicted molar refractivity (Wildman–Crippen MR) is 68.2 cm³/mol. The lowest BCUT2D eigenvalue weighted by Gasteiger charge is -2.31. The molecule has 0 radical (unpaired) electrons. The van der Waals surface area contributed by atoms with Crippen LogP contribution in [0.3, 0.4) is 0 Å². The minimum absolute atomic E-state index is 0.0387. The van der Waals surface area contributed by atoms with Crippen molar-refractivity contribution in [2.24, 2.45) is 5.92 Å². The van der Waals surface area contributed by atoms with Crippen molar-refractivity contribution in [2.45, 2.75) is 25.4 Å². The van der Waals surface area contributed by atoms with Crippen LogP contribution in [0.4, 0.5) is 0 Å². The summed E-state index contributed by atoms with van der Waals surface area (Å²) in [5, 5.41) is 12.5. The maximum Gasteiger partial charge on any atom is 0.119 e. The number of para-hydroxylation sites is 1. The van der Waals surface area contributed by atoms with Gasteiger partial charge < -0.3 is 15.2 Å². The Morgan fingerprint density at radius 1 is 1.24 bits per heavy atom. The van der Waals surface area contributed by atoms with Crippen molar-refractivity contribution in [3.8, 4) is 5.75 Å². The van der Waals surface area contributed by atoms with E-state index in [2.05, 4.69) is 5.32 Å². The van der Waals surface area contributed by atoms with Crippen molar-refractivity contribution in [1.29, 1.82) is 0 Å². The second kappa shape index (κ2) is 6.62. The van der Waals surface area contributed by atoms with Crippen molar-refractivity contribution in [2.75, 3.05) is 19.7 Å². The maximum absolute atomic E-state index is 9.14. The van der Waals surface area contributed by atoms with Crippen LogP contribution in [0.15, 0.2) is 30.3 Å². The second-order valence-electron chi connectivity index (χ2n) is 4.71. The van der Waals surface area contributed by atoms with E-state index in [1.807, 2.05) is 30.3 Å². The summed E-state index contributed by atoms with van der Waals surface area (Å²) in [6.07, 6.45) is 2.91. The molecule has 0 unspecified atom stereocenters. The number of ether oxygens (including phenoxy) is 1. The van der Waals surface area contributed by atoms with Gasteiger partial charge in [0.15, 0.2) is 0 Å². The molecule has 1 fully saturated rings. The summed E-state index contributed by atoms with van der Waals surface area (Å²) in [5.41, 5.74) is 0. The van der Waals surface area contributed by atoms with Gasteiger partial charge in [0, 0.05) is 0 Å². The third-order valence-electron chi connectivity index (χ3n) is 3.15. The van der Waals surface area contributed by atoms with Crippen LogP contribution in [-0.4, -0.2) is 30.9 Å². The van der Waals surface area contributed by atoms with Crippen LogP contribution in [0.1, 0.15) is 19.3 Å². The van der Waals surface area contributed by atoms with Crippen LogP contribution in [0.2, 0.25) is 0 Å². The smallest absolute Gasteiger partial charge is 0.119 e. The van der Waals surface area contributed by atoms with Crippen LogP contribution >= 0.6 is 0 Å². The number of rotatable bonds is 7. The van der Waals surface area contributed by atoms with Gasteiger partial charge in [0.2, 0.25) is 0 Å². The molecule has 0 atom stereocenters. The first-order valence-electron chi connectivity index (χ1n) is 6.41. The molecular weight excluding hydrogens is 214 g/mol. The van der Waals surface area contributed by atoms with Gasteiger partial charge >= 0.3 is 0 Å². The molecule has 0 amide bonds. The van der Waals surface area contributed by atoms with Crippen molar-refractivity contribution in [3.05, 3.63) is 30.3 Å². The quantitative estimate of drug-likeness (QED) is 0.708. The van der Waals surface area contributed by atoms with Crippen molar-refractivity contribution in [3.63, 3.8) is 0 Å². The predicted octanol–water partition coefficient (Wildman–Crippen LogP) is 1.82. The van der Waals surface area contributed by atoms with Gasteiger partial charge in [-0.15, -0.1) is 0 Å². The third-order valence-corrected chi connectivity index (χ3v) is 3.15. The summed E-state index contributed by atoms with van der Waals surface area (Å²) in [7, 11) is 0. The highest BCUT2D eigenvalue weighted by Gasteiger charge is 2.26. The fourth-order valence-corrected chi connectivity index (χ4v) is 2.08. The normalized spacial score (nSPS) is 23.1. The molecule has 94 valence electrons. The second-order valence-corrected chi connectivity index (χ2v) is 4.71. The van der Waals surface area contributed by atoms with Gasteiger partial charge in [-0.05, 0) is 50.4 Å². The van der Waals surface area contributed by atoms with Gasteiger partial charge in [-0.2, -0.15) is 0 Å². The Morgan fingerprint density at radius 3 is 2.71 bits per heavy atom. The summed E-state index contributed by atoms with van der Waals surface area (Å²) >= 11 is 0. The fraction of sp³-hybridized carbons (Fsp3) is 0.571. The number of aliphatic hydroxyl groups excluding tert-OH is 1. The first kappa shape index (κ1) is 12.4. The van der Waals surface area contributed by atoms with Gasteiger partial charge in [-0.3, -0.25) is 0 Å². The molecule has 3 nitrogen and oxygen atoms in total. The van der Waals surface area contributed by atoms with E-state index < -0.39 is 0 Å². The number of aliphatic hydroxyl groups is 1. The van der Waals surface area contributed by atoms with Crippen molar-refractivity contribution in [1.82, 2.24) is 5.32 Å². The third kappa shape index (κ3) is 4.36. The Morgan fingerprint density at radius 2 is 2.00 bits per heavy atom. The molecule has 0 aliphatic heterocycles. The minimum atomic E-state index is -0.0387. The zero-order valence-electron chi connectivity index (χ0n) is 10.1. The van der Waals surface area contributed by atoms with Gasteiger partial charge in [0.25, 0.3) is 0 Å². The SMILES string of the molecule is OC1CC(CNCCCOc2ccccc2)C1. The maximum atomic E-state index is 9.14. The Bertz CT molecular complexity index is 309. The molecule has 0 aromatic heterocycles. The van der Waals surface area contributed by atoms with E-state index >= 15 is 0 Å². The highest BCUT2D eigenvalue weighted by molar-refractivity contribution is 5.20. The van der Waals surface area contributed by atoms with Crippen LogP contribution in [-0.2, 0) is 0 Å². The summed E-state index contributed by atoms with van der Waals surface area (Å²) in [6.45, 7) is 2.77. The largest absolute Gasteiger partial charge is 0.494 e. The molecule has 3 heteroatoms. The molecule has 2 N–H and O–H groups in total. The Hall–Kier alpha value is -1.06. The van der Waals surface area contributed by atoms with Gasteiger partial charge in [0.05, 0.1) is 12.7 Å². The van der Waals surface area contributed by atoms with Crippen LogP contribution < -0.4 is 10.1 Å². The molecule has 1 aliphatic rings. The van der Waals surface area contributed by atoms with Gasteiger partial charge in [0.1, 0.15) is 5.75 Å². The average molecular weight is 235 g/mol. The molecular formula is C14H21NO2. The monoisotopic (exact) mass is 235 g/mol. The summed E-state index contributed by atoms with van der Waals surface area (Å²) in [6, 6.07) is 9.90. The summed E-state index contributed by atoms with van der Waals surface area (Å²) < 4.78 is 5.59. The van der Waals surface area contributed by atoms with E-state index in [0.717, 1.165) is 44.7 Å². The first-order valence-corrected chi connectivity index (χ1v) is 6.41. The number of hydrogen-bond donors (Lipinski definition) is 2. The van der Waals surface area contributed by atoms with Crippen LogP contribution in [0.5, 0.6) is 5.75 Å². The minimum Gasteiger partial charge on any atom is -0.494 e. The van der Waals surface area contributed by atoms with E-state index in [4.69, 9.17) is 9.84 Å². The van der Waals surface area contributed by atoms with Crippen molar-refractivity contribution < 1.29 is 9.84 Å². The lowest BCUT2D eigenvalue weighted by atomic mass is 9.82. The summed E-state index contributed by atoms with van der Waals surface area (Å²) in [5.74, 6) is 1.62. The molecule has 1 aliphatic carbocycles. The van der Waals surface area contributed by atoms with Crippen LogP contribution in [0, 0.1) is 5.92 Å². The molecule has 1 saturated carbocycles. The molecule has 0 bridgehead atoms. The van der Waals surface area contributed by atoms with E-state index in [1.165, 1.54) is 0 Å². The molecule has 0 saturated heterocycles. The van der Waals surface area contributed by atoms with E-state index in [9.17, 15) is 0 Å². The molecule has 0 heterocycles. The summed E-state index contributed by atoms with van der Waals surface area (Å²) in [4.78, 5) is 0. The number of hydrogen-bond acceptors (Lipinski definition) is 3. The molecule has 1 aromatic rings. The zero-order valence-corrected chi connectivity index (χ0v) is 10.1. The molecule has 1 aromatic carbocycles. The van der Waals surface area contributed by atoms with Gasteiger partial charge in [-0.25, -0.2) is 0 Å². The Balaban J connectivity index is 1.44. The number of benzene rings is 1. The molecule has 2 rings (SSSR count). The highest BCUT2D eigenvalue weighted by atomic mass is 16.5. The van der Waals surface area contributed by atoms with Crippen molar-refractivity contribution >= 4 is 0 Å². The van der Waals surface area contributed by atoms with Crippen LogP contribution in [0.25, 0.3) is 0 Å². The lowest BCUT2D eigenvalue weighted by molar-refractivity contribution is 0.0430. The Kier molecular flexibility index (Phi) is 4.83. The molecule has 0 spiro atoms. The fourth-order valence-electron chi connectivity index (χ4n) is 2.08. The highest BCUT2D eigenvalue weighted by Crippen LogP contribution is 2.25.